The zero-order valence-corrected chi connectivity index (χ0v) is 34.6. The predicted octanol–water partition coefficient (Wildman–Crippen LogP) is 4.10. The summed E-state index contributed by atoms with van der Waals surface area (Å²) in [4.78, 5) is 63.8. The van der Waals surface area contributed by atoms with Crippen LogP contribution in [0.1, 0.15) is 75.3 Å². The Morgan fingerprint density at radius 3 is 2.45 bits per heavy atom. The number of aliphatic hydroxyl groups is 1. The molecule has 0 bridgehead atoms. The SMILES string of the molecule is CCC(=O)C[C@H]1CNCCc2c([nH]c3ccccc23)[C@@](C(=O)OC)(c2cc3c(cc2OC)N(C)[C@H]2C(O)(C(=O)OC)[C@H](OC(C)=O)[C@]4(CC)C=CCN5CC[C@]32[C@H]54)C1. The van der Waals surface area contributed by atoms with Crippen molar-refractivity contribution in [2.75, 3.05) is 59.5 Å². The summed E-state index contributed by atoms with van der Waals surface area (Å²) in [6, 6.07) is 10.7. The number of rotatable bonds is 9. The van der Waals surface area contributed by atoms with Crippen molar-refractivity contribution in [3.63, 3.8) is 0 Å². The summed E-state index contributed by atoms with van der Waals surface area (Å²) >= 11 is 0. The molecule has 2 fully saturated rings. The molecule has 2 aromatic carbocycles. The number of hydrogen-bond donors (Lipinski definition) is 3. The molecule has 1 aliphatic carbocycles. The van der Waals surface area contributed by atoms with Gasteiger partial charge in [0, 0.05) is 84.1 Å². The summed E-state index contributed by atoms with van der Waals surface area (Å²) in [7, 11) is 6.06. The molecule has 1 unspecified atom stereocenters. The number of methoxy groups -OCH3 is 3. The van der Waals surface area contributed by atoms with Crippen LogP contribution >= 0.6 is 0 Å². The van der Waals surface area contributed by atoms with E-state index in [1.54, 1.807) is 7.11 Å². The normalized spacial score (nSPS) is 32.5. The molecule has 1 saturated carbocycles. The van der Waals surface area contributed by atoms with Gasteiger partial charge >= 0.3 is 17.9 Å². The number of aromatic amines is 1. The van der Waals surface area contributed by atoms with Crippen LogP contribution in [-0.2, 0) is 50.6 Å². The van der Waals surface area contributed by atoms with E-state index in [9.17, 15) is 19.5 Å². The zero-order valence-electron chi connectivity index (χ0n) is 34.6. The molecule has 1 saturated heterocycles. The smallest absolute Gasteiger partial charge is 0.344 e. The van der Waals surface area contributed by atoms with Gasteiger partial charge in [-0.1, -0.05) is 44.2 Å². The number of esters is 3. The first kappa shape index (κ1) is 40.1. The van der Waals surface area contributed by atoms with Crippen LogP contribution in [0.25, 0.3) is 10.9 Å². The first-order chi connectivity index (χ1) is 27.8. The molecular weight excluding hydrogens is 741 g/mol. The minimum absolute atomic E-state index is 0.102. The van der Waals surface area contributed by atoms with E-state index in [1.165, 1.54) is 21.1 Å². The number of ether oxygens (including phenoxy) is 4. The third-order valence-electron chi connectivity index (χ3n) is 14.5. The maximum absolute atomic E-state index is 15.2. The molecule has 1 aromatic heterocycles. The van der Waals surface area contributed by atoms with Gasteiger partial charge in [-0.15, -0.1) is 0 Å². The topological polar surface area (TPSA) is 160 Å². The molecule has 4 aliphatic heterocycles. The van der Waals surface area contributed by atoms with Crippen LogP contribution in [0, 0.1) is 11.3 Å². The van der Waals surface area contributed by atoms with E-state index in [0.717, 1.165) is 27.7 Å². The minimum Gasteiger partial charge on any atom is -0.496 e. The second kappa shape index (κ2) is 14.5. The lowest BCUT2D eigenvalue weighted by Crippen LogP contribution is -2.81. The fourth-order valence-corrected chi connectivity index (χ4v) is 12.4. The van der Waals surface area contributed by atoms with E-state index in [4.69, 9.17) is 18.9 Å². The summed E-state index contributed by atoms with van der Waals surface area (Å²) in [5.41, 5.74) is -1.04. The zero-order chi connectivity index (χ0) is 41.4. The quantitative estimate of drug-likeness (QED) is 0.162. The highest BCUT2D eigenvalue weighted by atomic mass is 16.6. The summed E-state index contributed by atoms with van der Waals surface area (Å²) < 4.78 is 23.8. The average Bonchev–Trinajstić information content (AvgIpc) is 3.89. The number of aromatic nitrogens is 1. The van der Waals surface area contributed by atoms with Gasteiger partial charge in [-0.3, -0.25) is 19.3 Å². The van der Waals surface area contributed by atoms with Gasteiger partial charge in [0.05, 0.1) is 27.4 Å². The van der Waals surface area contributed by atoms with Gasteiger partial charge in [0.15, 0.2) is 6.10 Å². The maximum atomic E-state index is 15.2. The molecule has 5 heterocycles. The van der Waals surface area contributed by atoms with Gasteiger partial charge in [-0.25, -0.2) is 4.79 Å². The molecule has 3 aromatic rings. The predicted molar refractivity (Wildman–Crippen MR) is 217 cm³/mol. The second-order valence-corrected chi connectivity index (χ2v) is 17.0. The largest absolute Gasteiger partial charge is 0.496 e. The average molecular weight is 797 g/mol. The summed E-state index contributed by atoms with van der Waals surface area (Å²) in [5.74, 6) is -1.72. The fourth-order valence-electron chi connectivity index (χ4n) is 12.4. The number of nitrogens with one attached hydrogen (secondary N) is 2. The molecular formula is C45H56N4O9. The van der Waals surface area contributed by atoms with E-state index >= 15 is 4.79 Å². The van der Waals surface area contributed by atoms with Gasteiger partial charge in [0.2, 0.25) is 5.60 Å². The van der Waals surface area contributed by atoms with E-state index < -0.39 is 51.9 Å². The molecule has 8 rings (SSSR count). The van der Waals surface area contributed by atoms with Gasteiger partial charge in [0.25, 0.3) is 0 Å². The second-order valence-electron chi connectivity index (χ2n) is 17.0. The molecule has 0 amide bonds. The number of likely N-dealkylation sites (N-methyl/N-ethyl adjacent to an activating group) is 1. The number of para-hydroxylation sites is 1. The van der Waals surface area contributed by atoms with Crippen molar-refractivity contribution < 1.29 is 43.2 Å². The maximum Gasteiger partial charge on any atom is 0.344 e. The number of anilines is 1. The lowest BCUT2D eigenvalue weighted by Gasteiger charge is -2.63. The summed E-state index contributed by atoms with van der Waals surface area (Å²) in [6.45, 7) is 7.59. The van der Waals surface area contributed by atoms with Crippen LogP contribution in [0.2, 0.25) is 0 Å². The van der Waals surface area contributed by atoms with Crippen molar-refractivity contribution in [1.29, 1.82) is 0 Å². The van der Waals surface area contributed by atoms with Crippen molar-refractivity contribution >= 4 is 40.3 Å². The minimum atomic E-state index is -2.31. The Hall–Kier alpha value is -4.72. The van der Waals surface area contributed by atoms with Crippen molar-refractivity contribution in [2.45, 2.75) is 93.9 Å². The lowest BCUT2D eigenvalue weighted by atomic mass is 9.47. The third kappa shape index (κ3) is 5.31. The number of carbonyl (C=O) groups is 4. The Labute approximate surface area is 339 Å². The van der Waals surface area contributed by atoms with Crippen molar-refractivity contribution in [2.24, 2.45) is 11.3 Å². The van der Waals surface area contributed by atoms with Gasteiger partial charge in [-0.05, 0) is 74.5 Å². The number of hydrogen-bond acceptors (Lipinski definition) is 12. The van der Waals surface area contributed by atoms with Crippen LogP contribution < -0.4 is 15.0 Å². The summed E-state index contributed by atoms with van der Waals surface area (Å²) in [6.07, 6.45) is 5.30. The Bertz CT molecular complexity index is 2200. The van der Waals surface area contributed by atoms with E-state index in [1.807, 2.05) is 62.2 Å². The van der Waals surface area contributed by atoms with Crippen molar-refractivity contribution in [3.8, 4) is 5.75 Å². The molecule has 5 aliphatic rings. The van der Waals surface area contributed by atoms with E-state index in [-0.39, 0.29) is 30.6 Å². The van der Waals surface area contributed by atoms with Crippen molar-refractivity contribution in [3.05, 3.63) is 70.9 Å². The Kier molecular flexibility index (Phi) is 10.0. The van der Waals surface area contributed by atoms with Crippen LogP contribution in [-0.4, -0.2) is 117 Å². The molecule has 1 spiro atoms. The molecule has 13 heteroatoms. The van der Waals surface area contributed by atoms with Crippen LogP contribution in [0.4, 0.5) is 5.69 Å². The summed E-state index contributed by atoms with van der Waals surface area (Å²) in [5, 5.41) is 17.9. The number of Topliss-reactive ketones (excluding diaryl/α,β-unsaturated/α-hetero) is 1. The number of H-pyrrole nitrogens is 1. The number of nitrogens with zero attached hydrogens (tertiary/aromatic N) is 2. The first-order valence-corrected chi connectivity index (χ1v) is 20.6. The molecule has 3 N–H and O–H groups in total. The number of carbonyl (C=O) groups excluding carboxylic acids is 4. The fraction of sp³-hybridized carbons (Fsp3) is 0.556. The van der Waals surface area contributed by atoms with Crippen LogP contribution in [0.3, 0.4) is 0 Å². The Balaban J connectivity index is 1.47. The molecule has 0 radical (unpaired) electrons. The first-order valence-electron chi connectivity index (χ1n) is 20.6. The molecule has 8 atom stereocenters. The Morgan fingerprint density at radius 2 is 1.76 bits per heavy atom. The third-order valence-corrected chi connectivity index (χ3v) is 14.5. The lowest BCUT2D eigenvalue weighted by molar-refractivity contribution is -0.228. The highest BCUT2D eigenvalue weighted by molar-refractivity contribution is 5.95. The number of ketones is 1. The van der Waals surface area contributed by atoms with E-state index in [2.05, 4.69) is 27.3 Å². The van der Waals surface area contributed by atoms with Crippen molar-refractivity contribution in [1.82, 2.24) is 15.2 Å². The van der Waals surface area contributed by atoms with E-state index in [0.29, 0.717) is 68.9 Å². The standard InChI is InChI=1S/C45H56N4O9/c1-8-28(51)21-27-24-44(40(52)56-6,36-30(15-18-46-25-27)29-13-10-11-14-33(29)47-36)32-22-31-34(23-35(32)55-5)48(4)38-43(31)17-20-49-19-12-16-42(9-2,37(43)49)39(58-26(3)50)45(38,54)41(53)57-7/h10-14,16,22-23,27,37-39,46-47,54H,8-9,15,17-21,24-25H2,1-7H3/t27-,37-,38-,39-,42-,43-,44+,45?/m1/s1. The number of benzene rings is 2. The molecule has 310 valence electrons. The highest BCUT2D eigenvalue weighted by Crippen LogP contribution is 2.68. The van der Waals surface area contributed by atoms with Gasteiger partial charge < -0.3 is 39.3 Å². The molecule has 13 nitrogen and oxygen atoms in total. The van der Waals surface area contributed by atoms with Crippen LogP contribution in [0.5, 0.6) is 5.75 Å². The Morgan fingerprint density at radius 1 is 1.00 bits per heavy atom. The highest BCUT2D eigenvalue weighted by Gasteiger charge is 2.80. The van der Waals surface area contributed by atoms with Gasteiger partial charge in [-0.2, -0.15) is 0 Å². The van der Waals surface area contributed by atoms with Gasteiger partial charge in [0.1, 0.15) is 16.9 Å². The number of fused-ring (bicyclic) bond motifs is 4. The van der Waals surface area contributed by atoms with Crippen LogP contribution in [0.15, 0.2) is 48.6 Å². The molecule has 58 heavy (non-hydrogen) atoms. The monoisotopic (exact) mass is 796 g/mol.